The molecule has 1 aliphatic heterocycles. The van der Waals surface area contributed by atoms with Gasteiger partial charge in [-0.2, -0.15) is 0 Å². The number of benzene rings is 3. The first-order valence-electron chi connectivity index (χ1n) is 9.71. The summed E-state index contributed by atoms with van der Waals surface area (Å²) in [5, 5.41) is 10.7. The molecule has 0 saturated carbocycles. The minimum atomic E-state index is 0.0529. The van der Waals surface area contributed by atoms with Gasteiger partial charge in [0.25, 0.3) is 0 Å². The molecule has 1 heterocycles. The second-order valence-corrected chi connectivity index (χ2v) is 7.46. The van der Waals surface area contributed by atoms with Crippen LogP contribution in [0.3, 0.4) is 0 Å². The number of hydrogen-bond donors (Lipinski definition) is 1. The number of nitrogens with zero attached hydrogens (tertiary/aromatic N) is 2. The SMILES string of the molecule is Oc1c(Cl)cc(Cc2ccccc2)cc1C=Nc1ccc(N2CCOCC2)cc1. The van der Waals surface area contributed by atoms with Crippen molar-refractivity contribution in [2.24, 2.45) is 4.99 Å². The van der Waals surface area contributed by atoms with Crippen molar-refractivity contribution in [3.8, 4) is 5.75 Å². The van der Waals surface area contributed by atoms with Crippen LogP contribution in [-0.4, -0.2) is 37.6 Å². The Morgan fingerprint density at radius 3 is 2.41 bits per heavy atom. The van der Waals surface area contributed by atoms with E-state index in [1.165, 1.54) is 11.3 Å². The van der Waals surface area contributed by atoms with Crippen molar-refractivity contribution in [2.45, 2.75) is 6.42 Å². The van der Waals surface area contributed by atoms with Gasteiger partial charge >= 0.3 is 0 Å². The van der Waals surface area contributed by atoms with Crippen molar-refractivity contribution in [3.63, 3.8) is 0 Å². The van der Waals surface area contributed by atoms with E-state index in [1.54, 1.807) is 12.3 Å². The van der Waals surface area contributed by atoms with Gasteiger partial charge in [0.2, 0.25) is 0 Å². The van der Waals surface area contributed by atoms with Gasteiger partial charge in [-0.15, -0.1) is 0 Å². The molecule has 0 radical (unpaired) electrons. The summed E-state index contributed by atoms with van der Waals surface area (Å²) >= 11 is 6.25. The summed E-state index contributed by atoms with van der Waals surface area (Å²) in [5.41, 5.74) is 4.83. The predicted molar refractivity (Wildman–Crippen MR) is 119 cm³/mol. The van der Waals surface area contributed by atoms with Crippen LogP contribution in [0, 0.1) is 0 Å². The molecule has 3 aromatic rings. The van der Waals surface area contributed by atoms with Crippen LogP contribution < -0.4 is 4.90 Å². The lowest BCUT2D eigenvalue weighted by Crippen LogP contribution is -2.36. The van der Waals surface area contributed by atoms with E-state index >= 15 is 0 Å². The molecule has 1 fully saturated rings. The van der Waals surface area contributed by atoms with Gasteiger partial charge in [-0.05, 0) is 53.9 Å². The molecule has 29 heavy (non-hydrogen) atoms. The number of hydrogen-bond acceptors (Lipinski definition) is 4. The molecule has 0 aliphatic carbocycles. The third-order valence-corrected chi connectivity index (χ3v) is 5.27. The van der Waals surface area contributed by atoms with Crippen LogP contribution in [0.5, 0.6) is 5.75 Å². The molecule has 1 N–H and O–H groups in total. The standard InChI is InChI=1S/C24H23ClN2O2/c25-23-16-19(14-18-4-2-1-3-5-18)15-20(24(23)28)17-26-21-6-8-22(9-7-21)27-10-12-29-13-11-27/h1-9,15-17,28H,10-14H2. The Morgan fingerprint density at radius 2 is 1.69 bits per heavy atom. The number of phenolic OH excluding ortho intramolecular Hbond substituents is 1. The monoisotopic (exact) mass is 406 g/mol. The number of aliphatic imine (C=N–C) groups is 1. The maximum atomic E-state index is 10.3. The first-order chi connectivity index (χ1) is 14.2. The van der Waals surface area contributed by atoms with Crippen molar-refractivity contribution in [3.05, 3.63) is 88.4 Å². The van der Waals surface area contributed by atoms with E-state index in [-0.39, 0.29) is 5.75 Å². The van der Waals surface area contributed by atoms with Crippen LogP contribution in [0.15, 0.2) is 71.7 Å². The molecule has 5 heteroatoms. The van der Waals surface area contributed by atoms with E-state index in [2.05, 4.69) is 34.2 Å². The number of aromatic hydroxyl groups is 1. The summed E-state index contributed by atoms with van der Waals surface area (Å²) in [7, 11) is 0. The summed E-state index contributed by atoms with van der Waals surface area (Å²) in [4.78, 5) is 6.83. The lowest BCUT2D eigenvalue weighted by atomic mass is 10.0. The molecule has 148 valence electrons. The summed E-state index contributed by atoms with van der Waals surface area (Å²) in [6.07, 6.45) is 2.41. The summed E-state index contributed by atoms with van der Waals surface area (Å²) in [6.45, 7) is 3.34. The first kappa shape index (κ1) is 19.5. The van der Waals surface area contributed by atoms with Gasteiger partial charge < -0.3 is 14.7 Å². The molecule has 0 unspecified atom stereocenters. The van der Waals surface area contributed by atoms with Crippen molar-refractivity contribution in [1.82, 2.24) is 0 Å². The topological polar surface area (TPSA) is 45.1 Å². The molecule has 0 spiro atoms. The van der Waals surface area contributed by atoms with Gasteiger partial charge in [0.15, 0.2) is 0 Å². The molecule has 1 aliphatic rings. The fourth-order valence-electron chi connectivity index (χ4n) is 3.43. The lowest BCUT2D eigenvalue weighted by Gasteiger charge is -2.28. The molecule has 4 rings (SSSR count). The van der Waals surface area contributed by atoms with Gasteiger partial charge in [-0.25, -0.2) is 0 Å². The Balaban J connectivity index is 1.51. The maximum absolute atomic E-state index is 10.3. The number of halogens is 1. The van der Waals surface area contributed by atoms with Crippen molar-refractivity contribution >= 4 is 29.2 Å². The van der Waals surface area contributed by atoms with Crippen molar-refractivity contribution < 1.29 is 9.84 Å². The number of morpholine rings is 1. The third kappa shape index (κ3) is 4.97. The number of ether oxygens (including phenoxy) is 1. The predicted octanol–water partition coefficient (Wildman–Crippen LogP) is 5.22. The van der Waals surface area contributed by atoms with E-state index in [9.17, 15) is 5.11 Å². The Morgan fingerprint density at radius 1 is 0.966 bits per heavy atom. The van der Waals surface area contributed by atoms with Crippen LogP contribution in [0.4, 0.5) is 11.4 Å². The molecular formula is C24H23ClN2O2. The van der Waals surface area contributed by atoms with E-state index in [0.29, 0.717) is 10.6 Å². The van der Waals surface area contributed by atoms with Crippen LogP contribution in [0.25, 0.3) is 0 Å². The molecule has 3 aromatic carbocycles. The molecule has 0 aromatic heterocycles. The third-order valence-electron chi connectivity index (χ3n) is 4.98. The van der Waals surface area contributed by atoms with Crippen molar-refractivity contribution in [2.75, 3.05) is 31.2 Å². The average molecular weight is 407 g/mol. The number of rotatable bonds is 5. The van der Waals surface area contributed by atoms with E-state index in [1.807, 2.05) is 36.4 Å². The van der Waals surface area contributed by atoms with Crippen LogP contribution in [0.2, 0.25) is 5.02 Å². The smallest absolute Gasteiger partial charge is 0.142 e. The number of anilines is 1. The second-order valence-electron chi connectivity index (χ2n) is 7.05. The Bertz CT molecular complexity index is 982. The second kappa shape index (κ2) is 9.12. The highest BCUT2D eigenvalue weighted by molar-refractivity contribution is 6.32. The molecule has 0 atom stereocenters. The van der Waals surface area contributed by atoms with E-state index < -0.39 is 0 Å². The fraction of sp³-hybridized carbons (Fsp3) is 0.208. The van der Waals surface area contributed by atoms with Crippen LogP contribution in [-0.2, 0) is 11.2 Å². The number of phenols is 1. The van der Waals surface area contributed by atoms with Crippen LogP contribution in [0.1, 0.15) is 16.7 Å². The van der Waals surface area contributed by atoms with Gasteiger partial charge in [0.05, 0.1) is 23.9 Å². The molecular weight excluding hydrogens is 384 g/mol. The van der Waals surface area contributed by atoms with Gasteiger partial charge in [-0.1, -0.05) is 41.9 Å². The highest BCUT2D eigenvalue weighted by Crippen LogP contribution is 2.30. The lowest BCUT2D eigenvalue weighted by molar-refractivity contribution is 0.122. The molecule has 0 bridgehead atoms. The minimum Gasteiger partial charge on any atom is -0.506 e. The van der Waals surface area contributed by atoms with Gasteiger partial charge in [0.1, 0.15) is 5.75 Å². The van der Waals surface area contributed by atoms with Gasteiger partial charge in [0, 0.05) is 30.6 Å². The zero-order valence-electron chi connectivity index (χ0n) is 16.1. The normalized spacial score (nSPS) is 14.4. The summed E-state index contributed by atoms with van der Waals surface area (Å²) in [6, 6.07) is 22.0. The fourth-order valence-corrected chi connectivity index (χ4v) is 3.68. The molecule has 0 amide bonds. The van der Waals surface area contributed by atoms with Crippen molar-refractivity contribution in [1.29, 1.82) is 0 Å². The highest BCUT2D eigenvalue weighted by atomic mass is 35.5. The Hall–Kier alpha value is -2.82. The summed E-state index contributed by atoms with van der Waals surface area (Å²) < 4.78 is 5.40. The highest BCUT2D eigenvalue weighted by Gasteiger charge is 2.11. The molecule has 1 saturated heterocycles. The van der Waals surface area contributed by atoms with Crippen LogP contribution >= 0.6 is 11.6 Å². The Kier molecular flexibility index (Phi) is 6.13. The largest absolute Gasteiger partial charge is 0.506 e. The van der Waals surface area contributed by atoms with E-state index in [4.69, 9.17) is 16.3 Å². The minimum absolute atomic E-state index is 0.0529. The molecule has 4 nitrogen and oxygen atoms in total. The van der Waals surface area contributed by atoms with Gasteiger partial charge in [-0.3, -0.25) is 4.99 Å². The Labute approximate surface area is 176 Å². The first-order valence-corrected chi connectivity index (χ1v) is 10.1. The zero-order valence-corrected chi connectivity index (χ0v) is 16.8. The quantitative estimate of drug-likeness (QED) is 0.590. The average Bonchev–Trinajstić information content (AvgIpc) is 2.77. The van der Waals surface area contributed by atoms with E-state index in [0.717, 1.165) is 44.0 Å². The summed E-state index contributed by atoms with van der Waals surface area (Å²) in [5.74, 6) is 0.0529. The zero-order chi connectivity index (χ0) is 20.1. The maximum Gasteiger partial charge on any atom is 0.142 e.